The normalized spacial score (nSPS) is 12.5. The van der Waals surface area contributed by atoms with Crippen LogP contribution < -0.4 is 20.5 Å². The first kappa shape index (κ1) is 11.5. The Kier molecular flexibility index (Phi) is 2.81. The van der Waals surface area contributed by atoms with Crippen LogP contribution in [0.15, 0.2) is 28.8 Å². The Labute approximate surface area is 108 Å². The number of nitrogens with two attached hydrogens (primary N) is 1. The lowest BCUT2D eigenvalue weighted by molar-refractivity contribution is 0.0995. The smallest absolute Gasteiger partial charge is 0.293 e. The largest absolute Gasteiger partial charge is 0.454 e. The Hall–Kier alpha value is -2.54. The van der Waals surface area contributed by atoms with Gasteiger partial charge in [-0.25, -0.2) is 4.98 Å². The molecule has 0 unspecified atom stereocenters. The van der Waals surface area contributed by atoms with Gasteiger partial charge in [-0.2, -0.15) is 0 Å². The second kappa shape index (κ2) is 4.62. The van der Waals surface area contributed by atoms with E-state index in [1.54, 1.807) is 18.2 Å². The molecular weight excluding hydrogens is 250 g/mol. The number of carbonyl (C=O) groups is 1. The van der Waals surface area contributed by atoms with Gasteiger partial charge in [0.05, 0.1) is 12.7 Å². The number of carbonyl (C=O) groups excluding carboxylic acids is 1. The van der Waals surface area contributed by atoms with Crippen molar-refractivity contribution >= 4 is 11.6 Å². The maximum absolute atomic E-state index is 11.9. The number of amides is 1. The SMILES string of the molecule is NCc1ncc(C(=O)Nc2ccc3c(c2)OCO3)o1. The molecule has 1 aliphatic heterocycles. The minimum atomic E-state index is -0.397. The predicted molar refractivity (Wildman–Crippen MR) is 64.9 cm³/mol. The van der Waals surface area contributed by atoms with E-state index in [1.165, 1.54) is 6.20 Å². The maximum atomic E-state index is 11.9. The molecule has 0 bridgehead atoms. The van der Waals surface area contributed by atoms with Crippen LogP contribution >= 0.6 is 0 Å². The van der Waals surface area contributed by atoms with Crippen molar-refractivity contribution in [3.8, 4) is 11.5 Å². The number of hydrogen-bond donors (Lipinski definition) is 2. The van der Waals surface area contributed by atoms with Crippen molar-refractivity contribution in [2.24, 2.45) is 5.73 Å². The van der Waals surface area contributed by atoms with Gasteiger partial charge in [-0.3, -0.25) is 4.79 Å². The van der Waals surface area contributed by atoms with Crippen molar-refractivity contribution in [3.63, 3.8) is 0 Å². The number of nitrogens with one attached hydrogen (secondary N) is 1. The minimum Gasteiger partial charge on any atom is -0.454 e. The molecular formula is C12H11N3O4. The van der Waals surface area contributed by atoms with Gasteiger partial charge in [0.1, 0.15) is 0 Å². The highest BCUT2D eigenvalue weighted by molar-refractivity contribution is 6.02. The van der Waals surface area contributed by atoms with Crippen molar-refractivity contribution in [3.05, 3.63) is 36.0 Å². The summed E-state index contributed by atoms with van der Waals surface area (Å²) in [7, 11) is 0. The van der Waals surface area contributed by atoms with Crippen molar-refractivity contribution in [2.45, 2.75) is 6.54 Å². The Morgan fingerprint density at radius 3 is 3.00 bits per heavy atom. The lowest BCUT2D eigenvalue weighted by Gasteiger charge is -2.03. The average molecular weight is 261 g/mol. The van der Waals surface area contributed by atoms with Gasteiger partial charge in [0, 0.05) is 11.8 Å². The number of hydrogen-bond acceptors (Lipinski definition) is 6. The van der Waals surface area contributed by atoms with Gasteiger partial charge in [0.25, 0.3) is 5.91 Å². The molecule has 0 saturated heterocycles. The number of anilines is 1. The molecule has 0 atom stereocenters. The number of fused-ring (bicyclic) bond motifs is 1. The first-order valence-electron chi connectivity index (χ1n) is 5.62. The number of benzene rings is 1. The Morgan fingerprint density at radius 2 is 2.21 bits per heavy atom. The van der Waals surface area contributed by atoms with E-state index in [9.17, 15) is 4.79 Å². The van der Waals surface area contributed by atoms with E-state index in [0.29, 0.717) is 23.1 Å². The third-order valence-electron chi connectivity index (χ3n) is 2.58. The highest BCUT2D eigenvalue weighted by Crippen LogP contribution is 2.34. The summed E-state index contributed by atoms with van der Waals surface area (Å²) in [5.41, 5.74) is 5.94. The van der Waals surface area contributed by atoms with Crippen LogP contribution in [-0.2, 0) is 6.54 Å². The molecule has 1 amide bonds. The van der Waals surface area contributed by atoms with Crippen LogP contribution in [0.3, 0.4) is 0 Å². The van der Waals surface area contributed by atoms with E-state index in [4.69, 9.17) is 19.6 Å². The number of rotatable bonds is 3. The first-order valence-corrected chi connectivity index (χ1v) is 5.62. The third-order valence-corrected chi connectivity index (χ3v) is 2.58. The molecule has 98 valence electrons. The molecule has 2 heterocycles. The van der Waals surface area contributed by atoms with Crippen molar-refractivity contribution in [1.29, 1.82) is 0 Å². The zero-order valence-corrected chi connectivity index (χ0v) is 9.88. The molecule has 0 saturated carbocycles. The maximum Gasteiger partial charge on any atom is 0.293 e. The quantitative estimate of drug-likeness (QED) is 0.858. The van der Waals surface area contributed by atoms with Gasteiger partial charge in [-0.1, -0.05) is 0 Å². The zero-order valence-electron chi connectivity index (χ0n) is 9.88. The summed E-state index contributed by atoms with van der Waals surface area (Å²) in [5.74, 6) is 1.28. The van der Waals surface area contributed by atoms with E-state index < -0.39 is 5.91 Å². The molecule has 0 radical (unpaired) electrons. The van der Waals surface area contributed by atoms with Gasteiger partial charge in [-0.05, 0) is 12.1 Å². The van der Waals surface area contributed by atoms with Crippen LogP contribution in [0.1, 0.15) is 16.4 Å². The van der Waals surface area contributed by atoms with Crippen LogP contribution in [0.4, 0.5) is 5.69 Å². The molecule has 0 spiro atoms. The lowest BCUT2D eigenvalue weighted by Crippen LogP contribution is -2.10. The Balaban J connectivity index is 1.75. The molecule has 1 aromatic carbocycles. The highest BCUT2D eigenvalue weighted by Gasteiger charge is 2.16. The average Bonchev–Trinajstić information content (AvgIpc) is 3.06. The summed E-state index contributed by atoms with van der Waals surface area (Å²) in [5, 5.41) is 2.68. The molecule has 7 nitrogen and oxygen atoms in total. The Bertz CT molecular complexity index is 623. The molecule has 2 aromatic rings. The van der Waals surface area contributed by atoms with Crippen molar-refractivity contribution in [2.75, 3.05) is 12.1 Å². The molecule has 0 aliphatic carbocycles. The van der Waals surface area contributed by atoms with Crippen molar-refractivity contribution < 1.29 is 18.7 Å². The fourth-order valence-corrected chi connectivity index (χ4v) is 1.68. The number of oxazole rings is 1. The third kappa shape index (κ3) is 2.23. The summed E-state index contributed by atoms with van der Waals surface area (Å²) in [6, 6.07) is 5.12. The summed E-state index contributed by atoms with van der Waals surface area (Å²) in [6.07, 6.45) is 1.34. The standard InChI is InChI=1S/C12H11N3O4/c13-4-11-14-5-10(19-11)12(16)15-7-1-2-8-9(3-7)18-6-17-8/h1-3,5H,4,6,13H2,(H,15,16). The van der Waals surface area contributed by atoms with E-state index >= 15 is 0 Å². The van der Waals surface area contributed by atoms with Crippen LogP contribution in [0.2, 0.25) is 0 Å². The molecule has 3 N–H and O–H groups in total. The molecule has 19 heavy (non-hydrogen) atoms. The van der Waals surface area contributed by atoms with Crippen LogP contribution in [-0.4, -0.2) is 17.7 Å². The molecule has 0 fully saturated rings. The van der Waals surface area contributed by atoms with E-state index in [-0.39, 0.29) is 19.1 Å². The lowest BCUT2D eigenvalue weighted by atomic mass is 10.2. The number of nitrogens with zero attached hydrogens (tertiary/aromatic N) is 1. The van der Waals surface area contributed by atoms with Crippen LogP contribution in [0, 0.1) is 0 Å². The Morgan fingerprint density at radius 1 is 1.37 bits per heavy atom. The first-order chi connectivity index (χ1) is 9.26. The summed E-state index contributed by atoms with van der Waals surface area (Å²) in [6.45, 7) is 0.339. The highest BCUT2D eigenvalue weighted by atomic mass is 16.7. The number of ether oxygens (including phenoxy) is 2. The van der Waals surface area contributed by atoms with E-state index in [1.807, 2.05) is 0 Å². The van der Waals surface area contributed by atoms with Gasteiger partial charge >= 0.3 is 0 Å². The van der Waals surface area contributed by atoms with Gasteiger partial charge in [0.15, 0.2) is 11.5 Å². The molecule has 1 aliphatic rings. The monoisotopic (exact) mass is 261 g/mol. The topological polar surface area (TPSA) is 99.6 Å². The second-order valence-corrected chi connectivity index (χ2v) is 3.84. The molecule has 3 rings (SSSR count). The van der Waals surface area contributed by atoms with Gasteiger partial charge in [-0.15, -0.1) is 0 Å². The van der Waals surface area contributed by atoms with Crippen LogP contribution in [0.5, 0.6) is 11.5 Å². The van der Waals surface area contributed by atoms with E-state index in [0.717, 1.165) is 0 Å². The molecule has 1 aromatic heterocycles. The van der Waals surface area contributed by atoms with Crippen molar-refractivity contribution in [1.82, 2.24) is 4.98 Å². The summed E-state index contributed by atoms with van der Waals surface area (Å²) < 4.78 is 15.6. The number of aromatic nitrogens is 1. The van der Waals surface area contributed by atoms with Crippen LogP contribution in [0.25, 0.3) is 0 Å². The minimum absolute atomic E-state index is 0.109. The summed E-state index contributed by atoms with van der Waals surface area (Å²) >= 11 is 0. The second-order valence-electron chi connectivity index (χ2n) is 3.84. The van der Waals surface area contributed by atoms with Gasteiger partial charge in [0.2, 0.25) is 18.4 Å². The summed E-state index contributed by atoms with van der Waals surface area (Å²) in [4.78, 5) is 15.7. The fourth-order valence-electron chi connectivity index (χ4n) is 1.68. The zero-order chi connectivity index (χ0) is 13.2. The fraction of sp³-hybridized carbons (Fsp3) is 0.167. The molecule has 7 heteroatoms. The van der Waals surface area contributed by atoms with Gasteiger partial charge < -0.3 is 24.9 Å². The predicted octanol–water partition coefficient (Wildman–Crippen LogP) is 1.11. The van der Waals surface area contributed by atoms with E-state index in [2.05, 4.69) is 10.3 Å².